The minimum atomic E-state index is -1.12. The molecule has 0 aliphatic carbocycles. The van der Waals surface area contributed by atoms with Gasteiger partial charge in [0.15, 0.2) is 0 Å². The van der Waals surface area contributed by atoms with Gasteiger partial charge in [-0.3, -0.25) is 4.98 Å². The zero-order chi connectivity index (χ0) is 16.3. The highest BCUT2D eigenvalue weighted by Crippen LogP contribution is 2.34. The van der Waals surface area contributed by atoms with Crippen LogP contribution in [0.4, 0.5) is 0 Å². The van der Waals surface area contributed by atoms with Crippen molar-refractivity contribution in [3.8, 4) is 28.8 Å². The molecular weight excluding hydrogens is 284 g/mol. The van der Waals surface area contributed by atoms with E-state index in [0.717, 1.165) is 0 Å². The monoisotopic (exact) mass is 298 g/mol. The molecule has 0 amide bonds. The third-order valence-electron chi connectivity index (χ3n) is 3.23. The number of rotatable bonds is 4. The van der Waals surface area contributed by atoms with Crippen molar-refractivity contribution in [2.45, 2.75) is 6.92 Å². The molecule has 1 N–H and O–H groups in total. The molecule has 2 aromatic rings. The SMILES string of the molecule is COc1ccc(-c2nc(C)c(C(=O)O)cc2C#N)c(OC)c1. The predicted molar refractivity (Wildman–Crippen MR) is 79.2 cm³/mol. The highest BCUT2D eigenvalue weighted by Gasteiger charge is 2.18. The van der Waals surface area contributed by atoms with Crippen molar-refractivity contribution in [1.29, 1.82) is 5.26 Å². The lowest BCUT2D eigenvalue weighted by atomic mass is 10.0. The van der Waals surface area contributed by atoms with E-state index in [-0.39, 0.29) is 11.1 Å². The second-order valence-corrected chi connectivity index (χ2v) is 4.50. The van der Waals surface area contributed by atoms with Crippen LogP contribution in [0.1, 0.15) is 21.6 Å². The van der Waals surface area contributed by atoms with Crippen LogP contribution in [0.25, 0.3) is 11.3 Å². The number of aromatic carboxylic acids is 1. The molecule has 0 spiro atoms. The number of nitriles is 1. The van der Waals surface area contributed by atoms with Crippen molar-refractivity contribution in [1.82, 2.24) is 4.98 Å². The molecule has 1 heterocycles. The van der Waals surface area contributed by atoms with Crippen molar-refractivity contribution in [3.05, 3.63) is 41.1 Å². The van der Waals surface area contributed by atoms with Gasteiger partial charge in [0.05, 0.1) is 36.7 Å². The first-order valence-corrected chi connectivity index (χ1v) is 6.39. The third-order valence-corrected chi connectivity index (χ3v) is 3.23. The fourth-order valence-electron chi connectivity index (χ4n) is 2.11. The van der Waals surface area contributed by atoms with Crippen molar-refractivity contribution in [3.63, 3.8) is 0 Å². The molecule has 0 unspecified atom stereocenters. The molecule has 0 radical (unpaired) electrons. The summed E-state index contributed by atoms with van der Waals surface area (Å²) in [5, 5.41) is 18.4. The summed E-state index contributed by atoms with van der Waals surface area (Å²) in [6.45, 7) is 1.59. The van der Waals surface area contributed by atoms with Gasteiger partial charge in [0, 0.05) is 11.6 Å². The third kappa shape index (κ3) is 2.69. The Morgan fingerprint density at radius 3 is 2.55 bits per heavy atom. The Morgan fingerprint density at radius 1 is 1.27 bits per heavy atom. The Hall–Kier alpha value is -3.07. The largest absolute Gasteiger partial charge is 0.497 e. The summed E-state index contributed by atoms with van der Waals surface area (Å²) < 4.78 is 10.4. The van der Waals surface area contributed by atoms with E-state index in [1.54, 1.807) is 32.2 Å². The molecule has 1 aromatic heterocycles. The number of benzene rings is 1. The standard InChI is InChI=1S/C16H14N2O4/c1-9-13(16(19)20)6-10(8-17)15(18-9)12-5-4-11(21-2)7-14(12)22-3/h4-7H,1-3H3,(H,19,20). The van der Waals surface area contributed by atoms with E-state index < -0.39 is 5.97 Å². The molecule has 6 heteroatoms. The van der Waals surface area contributed by atoms with Crippen molar-refractivity contribution < 1.29 is 19.4 Å². The van der Waals surface area contributed by atoms with Gasteiger partial charge in [0.2, 0.25) is 0 Å². The average Bonchev–Trinajstić information content (AvgIpc) is 2.53. The highest BCUT2D eigenvalue weighted by atomic mass is 16.5. The molecule has 0 fully saturated rings. The van der Waals surface area contributed by atoms with E-state index in [1.165, 1.54) is 13.2 Å². The normalized spacial score (nSPS) is 9.91. The summed E-state index contributed by atoms with van der Waals surface area (Å²) in [6, 6.07) is 8.43. The average molecular weight is 298 g/mol. The number of aromatic nitrogens is 1. The summed E-state index contributed by atoms with van der Waals surface area (Å²) in [5.41, 5.74) is 1.49. The van der Waals surface area contributed by atoms with Gasteiger partial charge in [-0.1, -0.05) is 0 Å². The molecular formula is C16H14N2O4. The predicted octanol–water partition coefficient (Wildman–Crippen LogP) is 2.64. The molecule has 0 saturated heterocycles. The fraction of sp³-hybridized carbons (Fsp3) is 0.188. The maximum absolute atomic E-state index is 11.2. The molecule has 0 bridgehead atoms. The Kier molecular flexibility index (Phi) is 4.28. The molecule has 0 saturated carbocycles. The zero-order valence-corrected chi connectivity index (χ0v) is 12.4. The minimum absolute atomic E-state index is 0.00720. The van der Waals surface area contributed by atoms with Gasteiger partial charge in [0.25, 0.3) is 0 Å². The van der Waals surface area contributed by atoms with Crippen molar-refractivity contribution in [2.75, 3.05) is 14.2 Å². The first-order chi connectivity index (χ1) is 10.5. The van der Waals surface area contributed by atoms with Gasteiger partial charge >= 0.3 is 5.97 Å². The Balaban J connectivity index is 2.70. The number of hydrogen-bond donors (Lipinski definition) is 1. The lowest BCUT2D eigenvalue weighted by Crippen LogP contribution is -2.05. The lowest BCUT2D eigenvalue weighted by molar-refractivity contribution is 0.0695. The van der Waals surface area contributed by atoms with Crippen molar-refractivity contribution in [2.24, 2.45) is 0 Å². The number of hydrogen-bond acceptors (Lipinski definition) is 5. The van der Waals surface area contributed by atoms with Gasteiger partial charge in [-0.2, -0.15) is 5.26 Å². The van der Waals surface area contributed by atoms with Crippen LogP contribution in [-0.2, 0) is 0 Å². The minimum Gasteiger partial charge on any atom is -0.497 e. The maximum atomic E-state index is 11.2. The second kappa shape index (κ2) is 6.14. The molecule has 0 atom stereocenters. The number of pyridine rings is 1. The van der Waals surface area contributed by atoms with Crippen LogP contribution in [0.3, 0.4) is 0 Å². The van der Waals surface area contributed by atoms with E-state index in [2.05, 4.69) is 4.98 Å². The number of nitrogens with zero attached hydrogens (tertiary/aromatic N) is 2. The molecule has 0 aliphatic heterocycles. The van der Waals surface area contributed by atoms with Crippen LogP contribution in [0, 0.1) is 18.3 Å². The van der Waals surface area contributed by atoms with E-state index in [1.807, 2.05) is 6.07 Å². The Bertz CT molecular complexity index is 778. The number of carbonyl (C=O) groups is 1. The molecule has 1 aromatic carbocycles. The van der Waals surface area contributed by atoms with Gasteiger partial charge in [-0.25, -0.2) is 4.79 Å². The summed E-state index contributed by atoms with van der Waals surface area (Å²) in [7, 11) is 3.04. The van der Waals surface area contributed by atoms with Crippen LogP contribution in [0.5, 0.6) is 11.5 Å². The number of methoxy groups -OCH3 is 2. The quantitative estimate of drug-likeness (QED) is 0.932. The Morgan fingerprint density at radius 2 is 2.00 bits per heavy atom. The summed E-state index contributed by atoms with van der Waals surface area (Å²) in [4.78, 5) is 15.4. The zero-order valence-electron chi connectivity index (χ0n) is 12.4. The van der Waals surface area contributed by atoms with Crippen LogP contribution < -0.4 is 9.47 Å². The summed E-state index contributed by atoms with van der Waals surface area (Å²) in [6.07, 6.45) is 0. The number of ether oxygens (including phenoxy) is 2. The number of carboxylic acid groups (broad SMARTS) is 1. The topological polar surface area (TPSA) is 92.4 Å². The number of carboxylic acids is 1. The first kappa shape index (κ1) is 15.3. The maximum Gasteiger partial charge on any atom is 0.337 e. The Labute approximate surface area is 127 Å². The molecule has 6 nitrogen and oxygen atoms in total. The molecule has 112 valence electrons. The molecule has 22 heavy (non-hydrogen) atoms. The van der Waals surface area contributed by atoms with E-state index >= 15 is 0 Å². The van der Waals surface area contributed by atoms with Gasteiger partial charge < -0.3 is 14.6 Å². The fourth-order valence-corrected chi connectivity index (χ4v) is 2.11. The van der Waals surface area contributed by atoms with E-state index in [0.29, 0.717) is 28.5 Å². The second-order valence-electron chi connectivity index (χ2n) is 4.50. The van der Waals surface area contributed by atoms with Crippen LogP contribution in [0.2, 0.25) is 0 Å². The number of aryl methyl sites for hydroxylation is 1. The van der Waals surface area contributed by atoms with Gasteiger partial charge in [0.1, 0.15) is 17.6 Å². The van der Waals surface area contributed by atoms with Crippen LogP contribution in [0.15, 0.2) is 24.3 Å². The van der Waals surface area contributed by atoms with Crippen LogP contribution in [-0.4, -0.2) is 30.3 Å². The van der Waals surface area contributed by atoms with Crippen LogP contribution >= 0.6 is 0 Å². The smallest absolute Gasteiger partial charge is 0.337 e. The highest BCUT2D eigenvalue weighted by molar-refractivity contribution is 5.90. The van der Waals surface area contributed by atoms with Gasteiger partial charge in [-0.05, 0) is 25.1 Å². The first-order valence-electron chi connectivity index (χ1n) is 6.39. The molecule has 0 aliphatic rings. The summed E-state index contributed by atoms with van der Waals surface area (Å²) >= 11 is 0. The van der Waals surface area contributed by atoms with E-state index in [9.17, 15) is 10.1 Å². The molecule has 2 rings (SSSR count). The van der Waals surface area contributed by atoms with Crippen molar-refractivity contribution >= 4 is 5.97 Å². The van der Waals surface area contributed by atoms with E-state index in [4.69, 9.17) is 14.6 Å². The summed E-state index contributed by atoms with van der Waals surface area (Å²) in [5.74, 6) is -0.0152. The van der Waals surface area contributed by atoms with Gasteiger partial charge in [-0.15, -0.1) is 0 Å². The lowest BCUT2D eigenvalue weighted by Gasteiger charge is -2.12.